The zero-order valence-corrected chi connectivity index (χ0v) is 21.5. The molecule has 0 radical (unpaired) electrons. The monoisotopic (exact) mass is 494 g/mol. The van der Waals surface area contributed by atoms with Crippen LogP contribution in [-0.4, -0.2) is 27.5 Å². The van der Waals surface area contributed by atoms with Crippen LogP contribution >= 0.6 is 23.1 Å². The largest absolute Gasteiger partial charge is 0.326 e. The Morgan fingerprint density at radius 2 is 1.97 bits per heavy atom. The molecule has 2 aliphatic carbocycles. The van der Waals surface area contributed by atoms with Crippen molar-refractivity contribution in [3.8, 4) is 0 Å². The lowest BCUT2D eigenvalue weighted by Crippen LogP contribution is -2.15. The van der Waals surface area contributed by atoms with Crippen LogP contribution in [0.2, 0.25) is 0 Å². The van der Waals surface area contributed by atoms with Gasteiger partial charge in [0, 0.05) is 34.0 Å². The topological polar surface area (TPSA) is 84.0 Å². The molecule has 1 saturated carbocycles. The summed E-state index contributed by atoms with van der Waals surface area (Å²) < 4.78 is 0. The van der Waals surface area contributed by atoms with Gasteiger partial charge in [-0.1, -0.05) is 31.7 Å². The molecule has 3 aromatic rings. The Kier molecular flexibility index (Phi) is 6.62. The molecule has 2 amide bonds. The van der Waals surface area contributed by atoms with Crippen molar-refractivity contribution in [2.45, 2.75) is 70.2 Å². The van der Waals surface area contributed by atoms with E-state index in [-0.39, 0.29) is 17.6 Å². The summed E-state index contributed by atoms with van der Waals surface area (Å²) in [5, 5.41) is 8.00. The number of nitrogens with zero attached hydrogens (tertiary/aromatic N) is 2. The molecule has 0 bridgehead atoms. The lowest BCUT2D eigenvalue weighted by molar-refractivity contribution is -0.116. The first-order valence-corrected chi connectivity index (χ1v) is 13.9. The molecule has 2 heterocycles. The molecule has 2 aromatic heterocycles. The molecule has 5 rings (SSSR count). The van der Waals surface area contributed by atoms with Crippen LogP contribution in [0.5, 0.6) is 0 Å². The first kappa shape index (κ1) is 23.3. The van der Waals surface area contributed by atoms with Gasteiger partial charge in [-0.05, 0) is 68.2 Å². The van der Waals surface area contributed by atoms with Crippen LogP contribution in [0.1, 0.15) is 67.3 Å². The predicted octanol–water partition coefficient (Wildman–Crippen LogP) is 6.08. The molecule has 0 spiro atoms. The first-order chi connectivity index (χ1) is 16.4. The quantitative estimate of drug-likeness (QED) is 0.307. The summed E-state index contributed by atoms with van der Waals surface area (Å²) in [6.45, 7) is 6.07. The average molecular weight is 495 g/mol. The standard InChI is InChI=1S/C26H30N4O2S2/c1-4-21(31)28-19-12-17(9-6-15(19)3)27-22(32)13-33-25-23-18-10-5-14(2)11-20(18)34-26(23)30-24(29-25)16-7-8-16/h6,9,12,14,16H,4-5,7-8,10-11,13H2,1-3H3,(H,27,32)(H,28,31)/t14-/m0/s1. The third kappa shape index (κ3) is 4.98. The predicted molar refractivity (Wildman–Crippen MR) is 140 cm³/mol. The minimum atomic E-state index is -0.0842. The van der Waals surface area contributed by atoms with E-state index in [0.29, 0.717) is 23.9 Å². The number of nitrogens with one attached hydrogen (secondary N) is 2. The summed E-state index contributed by atoms with van der Waals surface area (Å²) in [4.78, 5) is 37.0. The van der Waals surface area contributed by atoms with Gasteiger partial charge in [-0.3, -0.25) is 9.59 Å². The molecule has 0 saturated heterocycles. The maximum Gasteiger partial charge on any atom is 0.234 e. The highest BCUT2D eigenvalue weighted by Gasteiger charge is 2.30. The van der Waals surface area contributed by atoms with Gasteiger partial charge in [0.15, 0.2) is 0 Å². The molecule has 2 N–H and O–H groups in total. The van der Waals surface area contributed by atoms with Gasteiger partial charge < -0.3 is 10.6 Å². The fraction of sp³-hybridized carbons (Fsp3) is 0.462. The molecule has 2 aliphatic rings. The van der Waals surface area contributed by atoms with Crippen molar-refractivity contribution >= 4 is 56.5 Å². The van der Waals surface area contributed by atoms with Gasteiger partial charge in [0.25, 0.3) is 0 Å². The maximum atomic E-state index is 12.8. The van der Waals surface area contributed by atoms with E-state index in [1.165, 1.54) is 34.0 Å². The highest BCUT2D eigenvalue weighted by atomic mass is 32.2. The molecule has 0 unspecified atom stereocenters. The maximum absolute atomic E-state index is 12.8. The van der Waals surface area contributed by atoms with Crippen molar-refractivity contribution in [1.82, 2.24) is 9.97 Å². The van der Waals surface area contributed by atoms with Crippen molar-refractivity contribution in [2.24, 2.45) is 5.92 Å². The zero-order chi connectivity index (χ0) is 23.8. The van der Waals surface area contributed by atoms with E-state index in [9.17, 15) is 9.59 Å². The number of aryl methyl sites for hydroxylation is 2. The van der Waals surface area contributed by atoms with Gasteiger partial charge in [0.05, 0.1) is 5.75 Å². The Morgan fingerprint density at radius 3 is 2.74 bits per heavy atom. The second kappa shape index (κ2) is 9.66. The molecule has 0 aliphatic heterocycles. The van der Waals surface area contributed by atoms with Crippen LogP contribution in [0.15, 0.2) is 23.2 Å². The third-order valence-electron chi connectivity index (χ3n) is 6.54. The van der Waals surface area contributed by atoms with Crippen molar-refractivity contribution in [2.75, 3.05) is 16.4 Å². The summed E-state index contributed by atoms with van der Waals surface area (Å²) in [5.41, 5.74) is 3.76. The molecule has 1 aromatic carbocycles. The van der Waals surface area contributed by atoms with Crippen LogP contribution in [0.4, 0.5) is 11.4 Å². The van der Waals surface area contributed by atoms with Crippen molar-refractivity contribution in [3.05, 3.63) is 40.0 Å². The Labute approximate surface area is 208 Å². The normalized spacial score (nSPS) is 17.4. The second-order valence-electron chi connectivity index (χ2n) is 9.46. The fourth-order valence-corrected chi connectivity index (χ4v) is 6.67. The van der Waals surface area contributed by atoms with E-state index in [0.717, 1.165) is 52.6 Å². The minimum absolute atomic E-state index is 0.0464. The Hall–Kier alpha value is -2.45. The lowest BCUT2D eigenvalue weighted by Gasteiger charge is -2.18. The number of aromatic nitrogens is 2. The van der Waals surface area contributed by atoms with Gasteiger partial charge in [-0.15, -0.1) is 11.3 Å². The number of carbonyl (C=O) groups excluding carboxylic acids is 2. The zero-order valence-electron chi connectivity index (χ0n) is 19.9. The molecule has 34 heavy (non-hydrogen) atoms. The van der Waals surface area contributed by atoms with E-state index in [4.69, 9.17) is 9.97 Å². The van der Waals surface area contributed by atoms with Gasteiger partial charge >= 0.3 is 0 Å². The first-order valence-electron chi connectivity index (χ1n) is 12.1. The Morgan fingerprint density at radius 1 is 1.15 bits per heavy atom. The van der Waals surface area contributed by atoms with Gasteiger partial charge in [-0.2, -0.15) is 0 Å². The number of amides is 2. The molecular formula is C26H30N4O2S2. The molecule has 1 fully saturated rings. The summed E-state index contributed by atoms with van der Waals surface area (Å²) in [5.74, 6) is 2.27. The number of rotatable bonds is 7. The van der Waals surface area contributed by atoms with Crippen molar-refractivity contribution in [3.63, 3.8) is 0 Å². The smallest absolute Gasteiger partial charge is 0.234 e. The number of thiophene rings is 1. The van der Waals surface area contributed by atoms with Crippen LogP contribution in [0.3, 0.4) is 0 Å². The summed E-state index contributed by atoms with van der Waals surface area (Å²) in [7, 11) is 0. The lowest BCUT2D eigenvalue weighted by atomic mass is 9.89. The van der Waals surface area contributed by atoms with Crippen LogP contribution < -0.4 is 10.6 Å². The van der Waals surface area contributed by atoms with Gasteiger partial charge in [-0.25, -0.2) is 9.97 Å². The number of hydrogen-bond acceptors (Lipinski definition) is 6. The highest BCUT2D eigenvalue weighted by Crippen LogP contribution is 2.44. The molecule has 8 heteroatoms. The van der Waals surface area contributed by atoms with Crippen LogP contribution in [0, 0.1) is 12.8 Å². The Balaban J connectivity index is 1.34. The number of benzene rings is 1. The second-order valence-corrected chi connectivity index (χ2v) is 11.5. The molecule has 1 atom stereocenters. The fourth-order valence-electron chi connectivity index (χ4n) is 4.36. The number of thioether (sulfide) groups is 1. The minimum Gasteiger partial charge on any atom is -0.326 e. The van der Waals surface area contributed by atoms with Gasteiger partial charge in [0.1, 0.15) is 15.7 Å². The summed E-state index contributed by atoms with van der Waals surface area (Å²) >= 11 is 3.33. The number of anilines is 2. The highest BCUT2D eigenvalue weighted by molar-refractivity contribution is 8.00. The summed E-state index contributed by atoms with van der Waals surface area (Å²) in [6, 6.07) is 5.59. The van der Waals surface area contributed by atoms with Crippen LogP contribution in [0.25, 0.3) is 10.2 Å². The van der Waals surface area contributed by atoms with Gasteiger partial charge in [0.2, 0.25) is 11.8 Å². The van der Waals surface area contributed by atoms with E-state index in [1.807, 2.05) is 43.4 Å². The third-order valence-corrected chi connectivity index (χ3v) is 8.66. The molecular weight excluding hydrogens is 464 g/mol. The van der Waals surface area contributed by atoms with Crippen molar-refractivity contribution in [1.29, 1.82) is 0 Å². The Bertz CT molecular complexity index is 1270. The summed E-state index contributed by atoms with van der Waals surface area (Å²) in [6.07, 6.45) is 6.10. The van der Waals surface area contributed by atoms with E-state index >= 15 is 0 Å². The molecule has 178 valence electrons. The van der Waals surface area contributed by atoms with Crippen LogP contribution in [-0.2, 0) is 22.4 Å². The number of carbonyl (C=O) groups is 2. The molecule has 6 nitrogen and oxygen atoms in total. The average Bonchev–Trinajstić information content (AvgIpc) is 3.60. The number of hydrogen-bond donors (Lipinski definition) is 2. The SMILES string of the molecule is CCC(=O)Nc1cc(NC(=O)CSc2nc(C3CC3)nc3sc4c(c23)CC[C@H](C)C4)ccc1C. The van der Waals surface area contributed by atoms with E-state index < -0.39 is 0 Å². The van der Waals surface area contributed by atoms with E-state index in [1.54, 1.807) is 0 Å². The van der Waals surface area contributed by atoms with E-state index in [2.05, 4.69) is 17.6 Å². The van der Waals surface area contributed by atoms with Crippen molar-refractivity contribution < 1.29 is 9.59 Å². The number of fused-ring (bicyclic) bond motifs is 3.